The highest BCUT2D eigenvalue weighted by Gasteiger charge is 2.11. The normalized spacial score (nSPS) is 11.7. The number of rotatable bonds is 4. The van der Waals surface area contributed by atoms with E-state index in [-0.39, 0.29) is 4.90 Å². The van der Waals surface area contributed by atoms with E-state index in [2.05, 4.69) is 9.93 Å². The Morgan fingerprint density at radius 1 is 1.00 bits per heavy atom. The minimum atomic E-state index is -3.61. The number of hydrogen-bond acceptors (Lipinski definition) is 3. The molecule has 20 heavy (non-hydrogen) atoms. The van der Waals surface area contributed by atoms with E-state index in [9.17, 15) is 8.42 Å². The average molecular weight is 288 g/mol. The fourth-order valence-corrected chi connectivity index (χ4v) is 2.46. The van der Waals surface area contributed by atoms with Crippen molar-refractivity contribution >= 4 is 16.2 Å². The van der Waals surface area contributed by atoms with Gasteiger partial charge in [-0.05, 0) is 37.1 Å². The molecule has 0 bridgehead atoms. The van der Waals surface area contributed by atoms with Crippen LogP contribution in [0.3, 0.4) is 0 Å². The van der Waals surface area contributed by atoms with Gasteiger partial charge in [0.25, 0.3) is 10.0 Å². The van der Waals surface area contributed by atoms with Crippen LogP contribution >= 0.6 is 0 Å². The molecule has 0 heterocycles. The number of hydrazone groups is 1. The third-order valence-electron chi connectivity index (χ3n) is 2.90. The van der Waals surface area contributed by atoms with Gasteiger partial charge in [0.2, 0.25) is 0 Å². The van der Waals surface area contributed by atoms with Gasteiger partial charge in [0, 0.05) is 0 Å². The second kappa shape index (κ2) is 5.88. The molecule has 2 aromatic rings. The van der Waals surface area contributed by atoms with Crippen LogP contribution in [0.4, 0.5) is 0 Å². The summed E-state index contributed by atoms with van der Waals surface area (Å²) in [6.45, 7) is 3.84. The highest BCUT2D eigenvalue weighted by molar-refractivity contribution is 7.89. The number of sulfonamides is 1. The van der Waals surface area contributed by atoms with E-state index in [0.29, 0.717) is 0 Å². The second-order valence-electron chi connectivity index (χ2n) is 4.52. The van der Waals surface area contributed by atoms with Crippen molar-refractivity contribution in [3.63, 3.8) is 0 Å². The average Bonchev–Trinajstić information content (AvgIpc) is 2.41. The molecule has 0 spiro atoms. The van der Waals surface area contributed by atoms with Crippen molar-refractivity contribution in [3.8, 4) is 0 Å². The summed E-state index contributed by atoms with van der Waals surface area (Å²) < 4.78 is 24.0. The van der Waals surface area contributed by atoms with Gasteiger partial charge in [0.15, 0.2) is 0 Å². The highest BCUT2D eigenvalue weighted by Crippen LogP contribution is 2.10. The maximum atomic E-state index is 12.0. The van der Waals surface area contributed by atoms with Gasteiger partial charge in [0.05, 0.1) is 11.1 Å². The molecule has 0 saturated heterocycles. The lowest BCUT2D eigenvalue weighted by molar-refractivity contribution is 0.584. The van der Waals surface area contributed by atoms with Crippen molar-refractivity contribution in [1.82, 2.24) is 4.83 Å². The van der Waals surface area contributed by atoms with E-state index in [1.807, 2.05) is 38.1 Å². The van der Waals surface area contributed by atoms with Crippen LogP contribution in [0, 0.1) is 13.8 Å². The van der Waals surface area contributed by atoms with Crippen molar-refractivity contribution < 1.29 is 8.42 Å². The summed E-state index contributed by atoms with van der Waals surface area (Å²) in [6, 6.07) is 14.2. The predicted octanol–water partition coefficient (Wildman–Crippen LogP) is 2.62. The van der Waals surface area contributed by atoms with E-state index >= 15 is 0 Å². The summed E-state index contributed by atoms with van der Waals surface area (Å²) in [7, 11) is -3.61. The van der Waals surface area contributed by atoms with Gasteiger partial charge >= 0.3 is 0 Å². The Kier molecular flexibility index (Phi) is 4.20. The lowest BCUT2D eigenvalue weighted by atomic mass is 10.1. The molecule has 104 valence electrons. The van der Waals surface area contributed by atoms with E-state index in [4.69, 9.17) is 0 Å². The van der Waals surface area contributed by atoms with Gasteiger partial charge in [-0.2, -0.15) is 13.5 Å². The molecule has 0 radical (unpaired) electrons. The monoisotopic (exact) mass is 288 g/mol. The third-order valence-corrected chi connectivity index (χ3v) is 4.13. The molecular formula is C15H16N2O2S. The fourth-order valence-electron chi connectivity index (χ4n) is 1.67. The molecule has 0 saturated carbocycles. The molecule has 0 fully saturated rings. The van der Waals surface area contributed by atoms with Crippen LogP contribution in [0.1, 0.15) is 16.7 Å². The van der Waals surface area contributed by atoms with Crippen LogP contribution in [-0.2, 0) is 10.0 Å². The Morgan fingerprint density at radius 2 is 1.65 bits per heavy atom. The first-order valence-electron chi connectivity index (χ1n) is 6.16. The first-order chi connectivity index (χ1) is 9.49. The molecule has 5 heteroatoms. The van der Waals surface area contributed by atoms with E-state index < -0.39 is 10.0 Å². The predicted molar refractivity (Wildman–Crippen MR) is 80.3 cm³/mol. The number of nitrogens with one attached hydrogen (secondary N) is 1. The number of aryl methyl sites for hydroxylation is 2. The van der Waals surface area contributed by atoms with Crippen molar-refractivity contribution in [3.05, 3.63) is 65.2 Å². The summed E-state index contributed by atoms with van der Waals surface area (Å²) in [5, 5.41) is 3.81. The SMILES string of the molecule is Cc1ccc(S(=O)(=O)N/N=C\c2ccccc2C)cc1. The quantitative estimate of drug-likeness (QED) is 0.694. The number of nitrogens with zero attached hydrogens (tertiary/aromatic N) is 1. The van der Waals surface area contributed by atoms with E-state index in [1.54, 1.807) is 24.3 Å². The van der Waals surface area contributed by atoms with Crippen LogP contribution in [0.25, 0.3) is 0 Å². The molecule has 0 aromatic heterocycles. The van der Waals surface area contributed by atoms with Crippen molar-refractivity contribution in [2.75, 3.05) is 0 Å². The lowest BCUT2D eigenvalue weighted by Crippen LogP contribution is -2.18. The molecule has 2 rings (SSSR count). The van der Waals surface area contributed by atoms with Crippen LogP contribution in [0.2, 0.25) is 0 Å². The van der Waals surface area contributed by atoms with Crippen LogP contribution < -0.4 is 4.83 Å². The number of hydrogen-bond donors (Lipinski definition) is 1. The largest absolute Gasteiger partial charge is 0.276 e. The van der Waals surface area contributed by atoms with Gasteiger partial charge in [-0.3, -0.25) is 0 Å². The lowest BCUT2D eigenvalue weighted by Gasteiger charge is -2.04. The Bertz CT molecular complexity index is 720. The number of benzene rings is 2. The molecule has 0 amide bonds. The highest BCUT2D eigenvalue weighted by atomic mass is 32.2. The molecule has 0 atom stereocenters. The zero-order chi connectivity index (χ0) is 14.6. The van der Waals surface area contributed by atoms with Gasteiger partial charge in [-0.25, -0.2) is 4.83 Å². The molecular weight excluding hydrogens is 272 g/mol. The van der Waals surface area contributed by atoms with Crippen molar-refractivity contribution in [2.24, 2.45) is 5.10 Å². The van der Waals surface area contributed by atoms with E-state index in [0.717, 1.165) is 16.7 Å². The summed E-state index contributed by atoms with van der Waals surface area (Å²) in [5.41, 5.74) is 2.91. The summed E-state index contributed by atoms with van der Waals surface area (Å²) in [6.07, 6.45) is 1.50. The van der Waals surface area contributed by atoms with Crippen LogP contribution in [-0.4, -0.2) is 14.6 Å². The van der Waals surface area contributed by atoms with Crippen molar-refractivity contribution in [2.45, 2.75) is 18.7 Å². The maximum Gasteiger partial charge on any atom is 0.276 e. The van der Waals surface area contributed by atoms with Gasteiger partial charge in [-0.15, -0.1) is 0 Å². The topological polar surface area (TPSA) is 58.5 Å². The summed E-state index contributed by atoms with van der Waals surface area (Å²) in [4.78, 5) is 2.41. The molecule has 0 aliphatic carbocycles. The molecule has 0 aliphatic heterocycles. The van der Waals surface area contributed by atoms with Crippen LogP contribution in [0.15, 0.2) is 58.5 Å². The maximum absolute atomic E-state index is 12.0. The van der Waals surface area contributed by atoms with Gasteiger partial charge < -0.3 is 0 Å². The molecule has 0 unspecified atom stereocenters. The van der Waals surface area contributed by atoms with E-state index in [1.165, 1.54) is 6.21 Å². The standard InChI is InChI=1S/C15H16N2O2S/c1-12-7-9-15(10-8-12)20(18,19)17-16-11-14-6-4-3-5-13(14)2/h3-11,17H,1-2H3/b16-11-. The first-order valence-corrected chi connectivity index (χ1v) is 7.64. The smallest absolute Gasteiger partial charge is 0.200 e. The minimum absolute atomic E-state index is 0.199. The zero-order valence-corrected chi connectivity index (χ0v) is 12.2. The Balaban J connectivity index is 2.14. The Labute approximate surface area is 119 Å². The Morgan fingerprint density at radius 3 is 2.30 bits per heavy atom. The molecule has 0 aliphatic rings. The third kappa shape index (κ3) is 3.45. The summed E-state index contributed by atoms with van der Waals surface area (Å²) >= 11 is 0. The van der Waals surface area contributed by atoms with Crippen molar-refractivity contribution in [1.29, 1.82) is 0 Å². The zero-order valence-electron chi connectivity index (χ0n) is 11.4. The molecule has 1 N–H and O–H groups in total. The molecule has 2 aromatic carbocycles. The Hall–Kier alpha value is -2.14. The second-order valence-corrected chi connectivity index (χ2v) is 6.18. The van der Waals surface area contributed by atoms with Crippen LogP contribution in [0.5, 0.6) is 0 Å². The fraction of sp³-hybridized carbons (Fsp3) is 0.133. The first kappa shape index (κ1) is 14.3. The molecule has 4 nitrogen and oxygen atoms in total. The minimum Gasteiger partial charge on any atom is -0.200 e. The summed E-state index contributed by atoms with van der Waals surface area (Å²) in [5.74, 6) is 0. The van der Waals surface area contributed by atoms with Gasteiger partial charge in [-0.1, -0.05) is 42.0 Å². The van der Waals surface area contributed by atoms with Gasteiger partial charge in [0.1, 0.15) is 0 Å².